The van der Waals surface area contributed by atoms with E-state index in [1.807, 2.05) is 0 Å². The number of carbonyl (C=O) groups excluding carboxylic acids is 1. The second kappa shape index (κ2) is 4.65. The molecular weight excluding hydrogens is 228 g/mol. The maximum Gasteiger partial charge on any atom is 0.178 e. The second-order valence-electron chi connectivity index (χ2n) is 3.67. The van der Waals surface area contributed by atoms with Crippen molar-refractivity contribution in [2.45, 2.75) is 6.92 Å². The van der Waals surface area contributed by atoms with Crippen LogP contribution in [-0.4, -0.2) is 33.3 Å². The fourth-order valence-corrected chi connectivity index (χ4v) is 2.02. The molecule has 0 fully saturated rings. The van der Waals surface area contributed by atoms with Crippen LogP contribution < -0.4 is 4.74 Å². The van der Waals surface area contributed by atoms with Gasteiger partial charge in [-0.3, -0.25) is 4.79 Å². The Bertz CT molecular complexity index is 503. The van der Waals surface area contributed by atoms with E-state index in [2.05, 4.69) is 0 Å². The van der Waals surface area contributed by atoms with Crippen LogP contribution >= 0.6 is 0 Å². The summed E-state index contributed by atoms with van der Waals surface area (Å²) < 4.78 is 27.0. The Morgan fingerprint density at radius 2 is 2.00 bits per heavy atom. The highest BCUT2D eigenvalue weighted by Crippen LogP contribution is 2.17. The molecule has 1 aromatic rings. The van der Waals surface area contributed by atoms with E-state index >= 15 is 0 Å². The van der Waals surface area contributed by atoms with Gasteiger partial charge in [0.25, 0.3) is 0 Å². The van der Waals surface area contributed by atoms with Crippen molar-refractivity contribution in [3.8, 4) is 5.75 Å². The van der Waals surface area contributed by atoms with E-state index in [-0.39, 0.29) is 5.78 Å². The lowest BCUT2D eigenvalue weighted by atomic mass is 10.1. The monoisotopic (exact) mass is 242 g/mol. The minimum Gasteiger partial charge on any atom is -0.497 e. The summed E-state index contributed by atoms with van der Waals surface area (Å²) in [6, 6.07) is 4.93. The van der Waals surface area contributed by atoms with Crippen LogP contribution in [0.15, 0.2) is 18.2 Å². The lowest BCUT2D eigenvalue weighted by Gasteiger charge is -2.06. The number of carbonyl (C=O) groups is 1. The zero-order valence-electron chi connectivity index (χ0n) is 9.48. The van der Waals surface area contributed by atoms with Crippen LogP contribution in [0.1, 0.15) is 15.9 Å². The maximum absolute atomic E-state index is 11.7. The second-order valence-corrected chi connectivity index (χ2v) is 5.81. The van der Waals surface area contributed by atoms with Crippen LogP contribution in [0.25, 0.3) is 0 Å². The topological polar surface area (TPSA) is 60.4 Å². The van der Waals surface area contributed by atoms with Crippen molar-refractivity contribution in [2.75, 3.05) is 19.1 Å². The number of ketones is 1. The number of Topliss-reactive ketones (excluding diaryl/α,β-unsaturated/α-hetero) is 1. The Hall–Kier alpha value is -1.36. The summed E-state index contributed by atoms with van der Waals surface area (Å²) in [5.74, 6) is -0.198. The molecule has 0 unspecified atom stereocenters. The maximum atomic E-state index is 11.7. The van der Waals surface area contributed by atoms with Gasteiger partial charge in [-0.2, -0.15) is 0 Å². The Kier molecular flexibility index (Phi) is 3.70. The van der Waals surface area contributed by atoms with Gasteiger partial charge in [-0.25, -0.2) is 8.42 Å². The number of aryl methyl sites for hydroxylation is 1. The van der Waals surface area contributed by atoms with E-state index in [1.165, 1.54) is 7.11 Å². The van der Waals surface area contributed by atoms with Gasteiger partial charge in [0.05, 0.1) is 7.11 Å². The summed E-state index contributed by atoms with van der Waals surface area (Å²) >= 11 is 0. The highest BCUT2D eigenvalue weighted by molar-refractivity contribution is 7.91. The zero-order valence-corrected chi connectivity index (χ0v) is 10.3. The van der Waals surface area contributed by atoms with Crippen LogP contribution in [0.5, 0.6) is 5.75 Å². The first kappa shape index (κ1) is 12.7. The molecule has 0 aliphatic carbocycles. The van der Waals surface area contributed by atoms with Gasteiger partial charge < -0.3 is 4.74 Å². The molecule has 1 aromatic carbocycles. The summed E-state index contributed by atoms with van der Waals surface area (Å²) in [6.07, 6.45) is 1.05. The molecule has 0 amide bonds. The highest BCUT2D eigenvalue weighted by atomic mass is 32.2. The largest absolute Gasteiger partial charge is 0.497 e. The van der Waals surface area contributed by atoms with Gasteiger partial charge in [0.15, 0.2) is 15.6 Å². The molecule has 0 atom stereocenters. The molecule has 0 aliphatic rings. The average Bonchev–Trinajstić information content (AvgIpc) is 2.14. The summed E-state index contributed by atoms with van der Waals surface area (Å²) in [7, 11) is -1.75. The number of hydrogen-bond acceptors (Lipinski definition) is 4. The predicted molar refractivity (Wildman–Crippen MR) is 61.8 cm³/mol. The minimum absolute atomic E-state index is 0.386. The number of ether oxygens (including phenoxy) is 1. The SMILES string of the molecule is COc1ccc(C(=O)CS(C)(=O)=O)c(C)c1. The number of benzene rings is 1. The Morgan fingerprint density at radius 1 is 1.38 bits per heavy atom. The number of methoxy groups -OCH3 is 1. The smallest absolute Gasteiger partial charge is 0.178 e. The van der Waals surface area contributed by atoms with E-state index in [1.54, 1.807) is 25.1 Å². The third-order valence-corrected chi connectivity index (χ3v) is 2.91. The van der Waals surface area contributed by atoms with Gasteiger partial charge in [0.1, 0.15) is 11.5 Å². The van der Waals surface area contributed by atoms with E-state index in [4.69, 9.17) is 4.74 Å². The van der Waals surface area contributed by atoms with Crippen molar-refractivity contribution < 1.29 is 17.9 Å². The minimum atomic E-state index is -3.28. The van der Waals surface area contributed by atoms with Crippen LogP contribution in [0.4, 0.5) is 0 Å². The third-order valence-electron chi connectivity index (χ3n) is 2.13. The normalized spacial score (nSPS) is 11.2. The van der Waals surface area contributed by atoms with Crippen molar-refractivity contribution in [3.63, 3.8) is 0 Å². The summed E-state index contributed by atoms with van der Waals surface area (Å²) in [5.41, 5.74) is 1.14. The van der Waals surface area contributed by atoms with E-state index < -0.39 is 15.6 Å². The fraction of sp³-hybridized carbons (Fsp3) is 0.364. The molecule has 0 aliphatic heterocycles. The molecule has 0 bridgehead atoms. The Balaban J connectivity index is 3.01. The van der Waals surface area contributed by atoms with Crippen molar-refractivity contribution in [2.24, 2.45) is 0 Å². The molecule has 0 radical (unpaired) electrons. The molecule has 0 saturated heterocycles. The number of hydrogen-bond donors (Lipinski definition) is 0. The predicted octanol–water partition coefficient (Wildman–Crippen LogP) is 1.23. The highest BCUT2D eigenvalue weighted by Gasteiger charge is 2.15. The van der Waals surface area contributed by atoms with Crippen molar-refractivity contribution in [1.82, 2.24) is 0 Å². The average molecular weight is 242 g/mol. The molecule has 0 N–H and O–H groups in total. The molecule has 0 spiro atoms. The first-order valence-corrected chi connectivity index (χ1v) is 6.75. The lowest BCUT2D eigenvalue weighted by molar-refractivity contribution is 0.102. The third kappa shape index (κ3) is 3.34. The number of sulfone groups is 1. The van der Waals surface area contributed by atoms with Gasteiger partial charge in [-0.1, -0.05) is 0 Å². The molecule has 16 heavy (non-hydrogen) atoms. The molecule has 4 nitrogen and oxygen atoms in total. The van der Waals surface area contributed by atoms with E-state index in [9.17, 15) is 13.2 Å². The van der Waals surface area contributed by atoms with Crippen molar-refractivity contribution in [1.29, 1.82) is 0 Å². The van der Waals surface area contributed by atoms with Gasteiger partial charge in [-0.15, -0.1) is 0 Å². The Morgan fingerprint density at radius 3 is 2.44 bits per heavy atom. The van der Waals surface area contributed by atoms with Gasteiger partial charge in [-0.05, 0) is 30.7 Å². The van der Waals surface area contributed by atoms with Crippen LogP contribution in [0.3, 0.4) is 0 Å². The zero-order chi connectivity index (χ0) is 12.3. The van der Waals surface area contributed by atoms with Crippen LogP contribution in [-0.2, 0) is 9.84 Å². The molecule has 0 saturated carbocycles. The van der Waals surface area contributed by atoms with Crippen molar-refractivity contribution in [3.05, 3.63) is 29.3 Å². The van der Waals surface area contributed by atoms with Crippen LogP contribution in [0, 0.1) is 6.92 Å². The quantitative estimate of drug-likeness (QED) is 0.745. The molecule has 5 heteroatoms. The van der Waals surface area contributed by atoms with Gasteiger partial charge in [0, 0.05) is 11.8 Å². The van der Waals surface area contributed by atoms with E-state index in [0.29, 0.717) is 16.9 Å². The van der Waals surface area contributed by atoms with Crippen LogP contribution in [0.2, 0.25) is 0 Å². The first-order valence-electron chi connectivity index (χ1n) is 4.69. The van der Waals surface area contributed by atoms with Gasteiger partial charge >= 0.3 is 0 Å². The molecule has 88 valence electrons. The Labute approximate surface area is 95.2 Å². The van der Waals surface area contributed by atoms with E-state index in [0.717, 1.165) is 6.26 Å². The van der Waals surface area contributed by atoms with Gasteiger partial charge in [0.2, 0.25) is 0 Å². The molecule has 0 heterocycles. The fourth-order valence-electron chi connectivity index (χ4n) is 1.39. The molecule has 0 aromatic heterocycles. The standard InChI is InChI=1S/C11H14O4S/c1-8-6-9(15-2)4-5-10(8)11(12)7-16(3,13)14/h4-6H,7H2,1-3H3. The first-order chi connectivity index (χ1) is 7.33. The number of rotatable bonds is 4. The lowest BCUT2D eigenvalue weighted by Crippen LogP contribution is -2.15. The van der Waals surface area contributed by atoms with Crippen molar-refractivity contribution >= 4 is 15.6 Å². The molecule has 1 rings (SSSR count). The molecular formula is C11H14O4S. The summed E-state index contributed by atoms with van der Waals surface area (Å²) in [4.78, 5) is 11.7. The summed E-state index contributed by atoms with van der Waals surface area (Å²) in [5, 5.41) is 0. The summed E-state index contributed by atoms with van der Waals surface area (Å²) in [6.45, 7) is 1.75.